The van der Waals surface area contributed by atoms with Gasteiger partial charge in [-0.15, -0.1) is 0 Å². The number of nitrogens with one attached hydrogen (secondary N) is 1. The molecular weight excluding hydrogens is 432 g/mol. The van der Waals surface area contributed by atoms with Crippen LogP contribution < -0.4 is 19.5 Å². The maximum Gasteiger partial charge on any atom is 0.226 e. The molecule has 0 radical (unpaired) electrons. The quantitative estimate of drug-likeness (QED) is 0.572. The van der Waals surface area contributed by atoms with Gasteiger partial charge in [0.1, 0.15) is 18.0 Å². The minimum absolute atomic E-state index is 0.0256. The zero-order valence-corrected chi connectivity index (χ0v) is 20.0. The number of hydrogen-bond donors (Lipinski definition) is 1. The van der Waals surface area contributed by atoms with E-state index in [0.29, 0.717) is 45.0 Å². The van der Waals surface area contributed by atoms with Crippen molar-refractivity contribution in [3.63, 3.8) is 0 Å². The summed E-state index contributed by atoms with van der Waals surface area (Å²) in [4.78, 5) is 27.1. The lowest BCUT2D eigenvalue weighted by Crippen LogP contribution is -2.46. The molecule has 0 bridgehead atoms. The van der Waals surface area contributed by atoms with Gasteiger partial charge in [0.05, 0.1) is 25.5 Å². The lowest BCUT2D eigenvalue weighted by atomic mass is 9.97. The van der Waals surface area contributed by atoms with Crippen LogP contribution in [0.2, 0.25) is 0 Å². The Bertz CT molecular complexity index is 992. The predicted octanol–water partition coefficient (Wildman–Crippen LogP) is 3.60. The van der Waals surface area contributed by atoms with Crippen LogP contribution in [0.3, 0.4) is 0 Å². The molecule has 2 aromatic rings. The molecule has 34 heavy (non-hydrogen) atoms. The number of para-hydroxylation sites is 2. The number of rotatable bonds is 9. The zero-order valence-electron chi connectivity index (χ0n) is 20.0. The number of amides is 2. The van der Waals surface area contributed by atoms with Crippen LogP contribution in [0.1, 0.15) is 38.7 Å². The molecule has 0 spiro atoms. The van der Waals surface area contributed by atoms with E-state index in [2.05, 4.69) is 25.2 Å². The maximum absolute atomic E-state index is 12.7. The summed E-state index contributed by atoms with van der Waals surface area (Å²) in [5.74, 6) is 2.07. The Morgan fingerprint density at radius 2 is 1.91 bits per heavy atom. The van der Waals surface area contributed by atoms with Crippen LogP contribution >= 0.6 is 0 Å². The van der Waals surface area contributed by atoms with Gasteiger partial charge in [0.2, 0.25) is 11.8 Å². The fourth-order valence-electron chi connectivity index (χ4n) is 4.53. The average molecular weight is 467 g/mol. The van der Waals surface area contributed by atoms with Crippen LogP contribution in [0.5, 0.6) is 17.2 Å². The van der Waals surface area contributed by atoms with Crippen molar-refractivity contribution in [3.8, 4) is 17.2 Å². The summed E-state index contributed by atoms with van der Waals surface area (Å²) in [6.45, 7) is 6.35. The van der Waals surface area contributed by atoms with E-state index in [4.69, 9.17) is 14.2 Å². The Morgan fingerprint density at radius 1 is 1.09 bits per heavy atom. The van der Waals surface area contributed by atoms with Crippen molar-refractivity contribution in [2.75, 3.05) is 32.8 Å². The Morgan fingerprint density at radius 3 is 2.74 bits per heavy atom. The summed E-state index contributed by atoms with van der Waals surface area (Å²) in [6.07, 6.45) is 2.76. The minimum Gasteiger partial charge on any atom is -0.493 e. The zero-order chi connectivity index (χ0) is 24.0. The van der Waals surface area contributed by atoms with E-state index >= 15 is 0 Å². The van der Waals surface area contributed by atoms with Crippen LogP contribution in [0.4, 0.5) is 0 Å². The Labute approximate surface area is 201 Å². The van der Waals surface area contributed by atoms with E-state index in [1.165, 1.54) is 0 Å². The third-order valence-electron chi connectivity index (χ3n) is 6.19. The summed E-state index contributed by atoms with van der Waals surface area (Å²) in [7, 11) is 0. The van der Waals surface area contributed by atoms with Gasteiger partial charge in [-0.05, 0) is 44.9 Å². The van der Waals surface area contributed by atoms with E-state index in [0.717, 1.165) is 36.3 Å². The SMILES string of the molecule is CC1(C)Cc2cccc(OCCNC(=O)C3CCCN(C(=O)CCOc4ccccc4)C3)c2O1. The second kappa shape index (κ2) is 10.8. The number of fused-ring (bicyclic) bond motifs is 1. The molecule has 2 aliphatic heterocycles. The van der Waals surface area contributed by atoms with Crippen LogP contribution in [0.25, 0.3) is 0 Å². The maximum atomic E-state index is 12.7. The number of carbonyl (C=O) groups is 2. The van der Waals surface area contributed by atoms with Crippen LogP contribution in [-0.4, -0.2) is 55.2 Å². The third-order valence-corrected chi connectivity index (χ3v) is 6.19. The molecule has 1 atom stereocenters. The smallest absolute Gasteiger partial charge is 0.226 e. The molecule has 2 heterocycles. The third kappa shape index (κ3) is 6.22. The first-order valence-electron chi connectivity index (χ1n) is 12.1. The molecule has 0 saturated carbocycles. The molecule has 0 aromatic heterocycles. The van der Waals surface area contributed by atoms with Crippen LogP contribution in [-0.2, 0) is 16.0 Å². The summed E-state index contributed by atoms with van der Waals surface area (Å²) in [5, 5.41) is 2.96. The second-order valence-electron chi connectivity index (χ2n) is 9.51. The number of benzene rings is 2. The molecule has 4 rings (SSSR count). The number of hydrogen-bond acceptors (Lipinski definition) is 5. The van der Waals surface area contributed by atoms with E-state index in [9.17, 15) is 9.59 Å². The molecule has 1 fully saturated rings. The average Bonchev–Trinajstić information content (AvgIpc) is 3.17. The fraction of sp³-hybridized carbons (Fsp3) is 0.481. The van der Waals surface area contributed by atoms with Crippen LogP contribution in [0, 0.1) is 5.92 Å². The molecule has 7 heteroatoms. The normalized spacial score (nSPS) is 18.5. The van der Waals surface area contributed by atoms with Crippen molar-refractivity contribution in [1.82, 2.24) is 10.2 Å². The van der Waals surface area contributed by atoms with Gasteiger partial charge in [0.15, 0.2) is 11.5 Å². The molecule has 182 valence electrons. The van der Waals surface area contributed by atoms with E-state index in [1.54, 1.807) is 4.90 Å². The van der Waals surface area contributed by atoms with Gasteiger partial charge < -0.3 is 24.4 Å². The highest BCUT2D eigenvalue weighted by molar-refractivity contribution is 5.81. The highest BCUT2D eigenvalue weighted by Gasteiger charge is 2.32. The first kappa shape index (κ1) is 23.9. The predicted molar refractivity (Wildman–Crippen MR) is 129 cm³/mol. The summed E-state index contributed by atoms with van der Waals surface area (Å²) in [6, 6.07) is 15.4. The molecular formula is C27H34N2O5. The van der Waals surface area contributed by atoms with Gasteiger partial charge in [-0.2, -0.15) is 0 Å². The highest BCUT2D eigenvalue weighted by atomic mass is 16.5. The number of likely N-dealkylation sites (tertiary alicyclic amines) is 1. The van der Waals surface area contributed by atoms with Gasteiger partial charge in [0.25, 0.3) is 0 Å². The fourth-order valence-corrected chi connectivity index (χ4v) is 4.53. The summed E-state index contributed by atoms with van der Waals surface area (Å²) < 4.78 is 17.6. The molecule has 1 unspecified atom stereocenters. The van der Waals surface area contributed by atoms with Crippen molar-refractivity contribution in [3.05, 3.63) is 54.1 Å². The summed E-state index contributed by atoms with van der Waals surface area (Å²) >= 11 is 0. The molecule has 1 N–H and O–H groups in total. The number of ether oxygens (including phenoxy) is 3. The molecule has 2 amide bonds. The van der Waals surface area contributed by atoms with Crippen LogP contribution in [0.15, 0.2) is 48.5 Å². The Kier molecular flexibility index (Phi) is 7.60. The largest absolute Gasteiger partial charge is 0.493 e. The lowest BCUT2D eigenvalue weighted by molar-refractivity contribution is -0.136. The molecule has 2 aliphatic rings. The van der Waals surface area contributed by atoms with Crippen molar-refractivity contribution in [2.45, 2.75) is 45.1 Å². The van der Waals surface area contributed by atoms with Crippen molar-refractivity contribution in [2.24, 2.45) is 5.92 Å². The first-order chi connectivity index (χ1) is 16.4. The second-order valence-corrected chi connectivity index (χ2v) is 9.51. The Balaban J connectivity index is 1.18. The van der Waals surface area contributed by atoms with Gasteiger partial charge in [-0.3, -0.25) is 9.59 Å². The minimum atomic E-state index is -0.228. The van der Waals surface area contributed by atoms with Crippen molar-refractivity contribution in [1.29, 1.82) is 0 Å². The van der Waals surface area contributed by atoms with E-state index in [1.807, 2.05) is 42.5 Å². The number of carbonyl (C=O) groups excluding carboxylic acids is 2. The van der Waals surface area contributed by atoms with Crippen molar-refractivity contribution < 1.29 is 23.8 Å². The highest BCUT2D eigenvalue weighted by Crippen LogP contribution is 2.41. The lowest BCUT2D eigenvalue weighted by Gasteiger charge is -2.32. The number of nitrogens with zero attached hydrogens (tertiary/aromatic N) is 1. The van der Waals surface area contributed by atoms with E-state index < -0.39 is 0 Å². The van der Waals surface area contributed by atoms with Crippen molar-refractivity contribution >= 4 is 11.8 Å². The number of piperidine rings is 1. The molecule has 0 aliphatic carbocycles. The molecule has 1 saturated heterocycles. The van der Waals surface area contributed by atoms with Gasteiger partial charge in [0, 0.05) is 25.1 Å². The van der Waals surface area contributed by atoms with Gasteiger partial charge in [-0.1, -0.05) is 30.3 Å². The standard InChI is InChI=1S/C27H34N2O5/c1-27(2)18-20-8-6-12-23(25(20)34-27)33-17-14-28-26(31)21-9-7-15-29(19-21)24(30)13-16-32-22-10-4-3-5-11-22/h3-6,8,10-12,21H,7,9,13-19H2,1-2H3,(H,28,31). The summed E-state index contributed by atoms with van der Waals surface area (Å²) in [5.41, 5.74) is 0.918. The Hall–Kier alpha value is -3.22. The van der Waals surface area contributed by atoms with Gasteiger partial charge >= 0.3 is 0 Å². The van der Waals surface area contributed by atoms with E-state index in [-0.39, 0.29) is 23.3 Å². The molecule has 2 aromatic carbocycles. The first-order valence-corrected chi connectivity index (χ1v) is 12.1. The van der Waals surface area contributed by atoms with Gasteiger partial charge in [-0.25, -0.2) is 0 Å². The topological polar surface area (TPSA) is 77.1 Å². The monoisotopic (exact) mass is 466 g/mol. The molecule has 7 nitrogen and oxygen atoms in total.